The van der Waals surface area contributed by atoms with Crippen LogP contribution in [0.2, 0.25) is 0 Å². The molecule has 0 aliphatic rings. The highest BCUT2D eigenvalue weighted by molar-refractivity contribution is 5.39. The summed E-state index contributed by atoms with van der Waals surface area (Å²) in [7, 11) is 1.35. The Labute approximate surface area is 121 Å². The number of nitrogens with one attached hydrogen (secondary N) is 1. The molecule has 0 atom stereocenters. The topological polar surface area (TPSA) is 63.2 Å². The molecule has 1 heterocycles. The van der Waals surface area contributed by atoms with Crippen LogP contribution in [0.1, 0.15) is 27.2 Å². The van der Waals surface area contributed by atoms with Crippen molar-refractivity contribution in [1.82, 2.24) is 15.0 Å². The lowest BCUT2D eigenvalue weighted by Gasteiger charge is -2.27. The van der Waals surface area contributed by atoms with E-state index >= 15 is 0 Å². The number of alkyl halides is 3. The maximum atomic E-state index is 12.7. The van der Waals surface area contributed by atoms with Gasteiger partial charge in [0.05, 0.1) is 7.11 Å². The van der Waals surface area contributed by atoms with Crippen molar-refractivity contribution in [3.05, 3.63) is 0 Å². The zero-order valence-electron chi connectivity index (χ0n) is 12.5. The van der Waals surface area contributed by atoms with Crippen LogP contribution in [0, 0.1) is 0 Å². The molecule has 1 rings (SSSR count). The molecule has 0 amide bonds. The Morgan fingerprint density at radius 3 is 2.38 bits per heavy atom. The molecule has 0 saturated heterocycles. The molecule has 0 aliphatic heterocycles. The fourth-order valence-electron chi connectivity index (χ4n) is 1.56. The molecule has 0 fully saturated rings. The molecule has 21 heavy (non-hydrogen) atoms. The van der Waals surface area contributed by atoms with Gasteiger partial charge >= 0.3 is 12.2 Å². The Kier molecular flexibility index (Phi) is 5.98. The average molecular weight is 307 g/mol. The van der Waals surface area contributed by atoms with Crippen LogP contribution in [0.3, 0.4) is 0 Å². The summed E-state index contributed by atoms with van der Waals surface area (Å²) in [6, 6.07) is -0.441. The lowest BCUT2D eigenvalue weighted by molar-refractivity contribution is -0.120. The SMILES string of the molecule is CCCNc1nc(OC)nc(N(CC(F)(F)F)C(C)C)n1. The Morgan fingerprint density at radius 2 is 1.90 bits per heavy atom. The Hall–Kier alpha value is -1.80. The van der Waals surface area contributed by atoms with Crippen molar-refractivity contribution >= 4 is 11.9 Å². The molecule has 120 valence electrons. The molecule has 0 spiro atoms. The highest BCUT2D eigenvalue weighted by Gasteiger charge is 2.33. The van der Waals surface area contributed by atoms with Crippen LogP contribution in [-0.2, 0) is 0 Å². The van der Waals surface area contributed by atoms with Gasteiger partial charge in [0.25, 0.3) is 0 Å². The van der Waals surface area contributed by atoms with E-state index in [-0.39, 0.29) is 17.9 Å². The maximum absolute atomic E-state index is 12.7. The summed E-state index contributed by atoms with van der Waals surface area (Å²) < 4.78 is 43.0. The van der Waals surface area contributed by atoms with E-state index in [0.29, 0.717) is 6.54 Å². The zero-order valence-corrected chi connectivity index (χ0v) is 12.5. The summed E-state index contributed by atoms with van der Waals surface area (Å²) in [5.41, 5.74) is 0. The minimum atomic E-state index is -4.35. The second-order valence-corrected chi connectivity index (χ2v) is 4.71. The summed E-state index contributed by atoms with van der Waals surface area (Å²) >= 11 is 0. The lowest BCUT2D eigenvalue weighted by atomic mass is 10.3. The fourth-order valence-corrected chi connectivity index (χ4v) is 1.56. The molecule has 9 heteroatoms. The van der Waals surface area contributed by atoms with Crippen molar-refractivity contribution in [3.63, 3.8) is 0 Å². The van der Waals surface area contributed by atoms with Gasteiger partial charge in [-0.1, -0.05) is 6.92 Å². The molecule has 1 N–H and O–H groups in total. The van der Waals surface area contributed by atoms with Crippen LogP contribution in [0.5, 0.6) is 6.01 Å². The number of methoxy groups -OCH3 is 1. The van der Waals surface area contributed by atoms with Crippen molar-refractivity contribution in [2.75, 3.05) is 30.4 Å². The fraction of sp³-hybridized carbons (Fsp3) is 0.750. The van der Waals surface area contributed by atoms with Gasteiger partial charge in [0.15, 0.2) is 0 Å². The van der Waals surface area contributed by atoms with Gasteiger partial charge in [0, 0.05) is 12.6 Å². The molecular weight excluding hydrogens is 287 g/mol. The number of hydrogen-bond donors (Lipinski definition) is 1. The largest absolute Gasteiger partial charge is 0.467 e. The summed E-state index contributed by atoms with van der Waals surface area (Å²) in [6.07, 6.45) is -3.51. The standard InChI is InChI=1S/C12H20F3N5O/c1-5-6-16-9-17-10(19-11(18-9)21-4)20(8(2)3)7-12(13,14)15/h8H,5-7H2,1-4H3,(H,16,17,18,19). The predicted octanol–water partition coefficient (Wildman–Crippen LogP) is 2.48. The highest BCUT2D eigenvalue weighted by atomic mass is 19.4. The lowest BCUT2D eigenvalue weighted by Crippen LogP contribution is -2.40. The molecule has 0 aromatic carbocycles. The van der Waals surface area contributed by atoms with E-state index in [9.17, 15) is 13.2 Å². The number of hydrogen-bond acceptors (Lipinski definition) is 6. The highest BCUT2D eigenvalue weighted by Crippen LogP contribution is 2.23. The van der Waals surface area contributed by atoms with Gasteiger partial charge in [-0.2, -0.15) is 28.1 Å². The molecule has 1 aromatic rings. The first-order chi connectivity index (χ1) is 9.76. The Morgan fingerprint density at radius 1 is 1.24 bits per heavy atom. The molecule has 0 aliphatic carbocycles. The average Bonchev–Trinajstić information content (AvgIpc) is 2.40. The van der Waals surface area contributed by atoms with Crippen molar-refractivity contribution in [1.29, 1.82) is 0 Å². The number of halogens is 3. The van der Waals surface area contributed by atoms with Crippen LogP contribution >= 0.6 is 0 Å². The summed E-state index contributed by atoms with van der Waals surface area (Å²) in [5.74, 6) is 0.138. The van der Waals surface area contributed by atoms with Gasteiger partial charge in [-0.05, 0) is 20.3 Å². The summed E-state index contributed by atoms with van der Waals surface area (Å²) in [5, 5.41) is 2.92. The third kappa shape index (κ3) is 5.60. The van der Waals surface area contributed by atoms with E-state index in [1.54, 1.807) is 13.8 Å². The monoisotopic (exact) mass is 307 g/mol. The molecular formula is C12H20F3N5O. The van der Waals surface area contributed by atoms with Gasteiger partial charge in [-0.25, -0.2) is 0 Å². The molecule has 0 bridgehead atoms. The number of ether oxygens (including phenoxy) is 1. The molecule has 6 nitrogen and oxygen atoms in total. The molecule has 1 aromatic heterocycles. The number of nitrogens with zero attached hydrogens (tertiary/aromatic N) is 4. The van der Waals surface area contributed by atoms with E-state index in [1.165, 1.54) is 7.11 Å². The number of aromatic nitrogens is 3. The van der Waals surface area contributed by atoms with Crippen LogP contribution in [0.4, 0.5) is 25.1 Å². The minimum absolute atomic E-state index is 0.0218. The van der Waals surface area contributed by atoms with Gasteiger partial charge in [-0.15, -0.1) is 0 Å². The first kappa shape index (κ1) is 17.3. The molecule has 0 radical (unpaired) electrons. The van der Waals surface area contributed by atoms with Crippen LogP contribution in [-0.4, -0.2) is 47.4 Å². The predicted molar refractivity (Wildman–Crippen MR) is 73.7 cm³/mol. The van der Waals surface area contributed by atoms with Crippen molar-refractivity contribution in [2.24, 2.45) is 0 Å². The third-order valence-corrected chi connectivity index (χ3v) is 2.55. The van der Waals surface area contributed by atoms with Crippen molar-refractivity contribution in [3.8, 4) is 6.01 Å². The van der Waals surface area contributed by atoms with Crippen molar-refractivity contribution < 1.29 is 17.9 Å². The smallest absolute Gasteiger partial charge is 0.406 e. The zero-order chi connectivity index (χ0) is 16.0. The van der Waals surface area contributed by atoms with Gasteiger partial charge in [-0.3, -0.25) is 0 Å². The van der Waals surface area contributed by atoms with E-state index in [2.05, 4.69) is 20.3 Å². The first-order valence-corrected chi connectivity index (χ1v) is 6.64. The van der Waals surface area contributed by atoms with Gasteiger partial charge in [0.1, 0.15) is 6.54 Å². The van der Waals surface area contributed by atoms with Crippen molar-refractivity contribution in [2.45, 2.75) is 39.4 Å². The molecule has 0 saturated carbocycles. The van der Waals surface area contributed by atoms with Gasteiger partial charge in [0.2, 0.25) is 11.9 Å². The van der Waals surface area contributed by atoms with Gasteiger partial charge < -0.3 is 15.0 Å². The normalized spacial score (nSPS) is 11.6. The number of anilines is 2. The second-order valence-electron chi connectivity index (χ2n) is 4.71. The summed E-state index contributed by atoms with van der Waals surface area (Å²) in [6.45, 7) is 4.71. The van der Waals surface area contributed by atoms with Crippen LogP contribution < -0.4 is 15.0 Å². The van der Waals surface area contributed by atoms with E-state index in [1.807, 2.05) is 6.92 Å². The Bertz CT molecular complexity index is 453. The van der Waals surface area contributed by atoms with E-state index in [0.717, 1.165) is 11.3 Å². The van der Waals surface area contributed by atoms with Crippen LogP contribution in [0.25, 0.3) is 0 Å². The van der Waals surface area contributed by atoms with Crippen LogP contribution in [0.15, 0.2) is 0 Å². The van der Waals surface area contributed by atoms with E-state index in [4.69, 9.17) is 4.74 Å². The van der Waals surface area contributed by atoms with E-state index < -0.39 is 18.8 Å². The first-order valence-electron chi connectivity index (χ1n) is 6.64. The Balaban J connectivity index is 3.11. The third-order valence-electron chi connectivity index (χ3n) is 2.55. The quantitative estimate of drug-likeness (QED) is 0.835. The summed E-state index contributed by atoms with van der Waals surface area (Å²) in [4.78, 5) is 13.0. The minimum Gasteiger partial charge on any atom is -0.467 e. The maximum Gasteiger partial charge on any atom is 0.406 e. The second kappa shape index (κ2) is 7.28. The number of rotatable bonds is 7. The molecule has 0 unspecified atom stereocenters.